The van der Waals surface area contributed by atoms with Crippen LogP contribution in [0.5, 0.6) is 0 Å². The van der Waals surface area contributed by atoms with Crippen molar-refractivity contribution in [3.8, 4) is 16.9 Å². The zero-order valence-electron chi connectivity index (χ0n) is 18.8. The molecule has 3 aromatic heterocycles. The van der Waals surface area contributed by atoms with Crippen molar-refractivity contribution in [2.24, 2.45) is 7.05 Å². The highest BCUT2D eigenvalue weighted by Gasteiger charge is 2.44. The third-order valence-electron chi connectivity index (χ3n) is 6.90. The minimum atomic E-state index is -1.50. The molecule has 0 N–H and O–H groups in total. The molecule has 10 heteroatoms. The standard InChI is InChI=1S/C25H21F3N6O/c1-32-24(14-10-18(26)22(28)19(27)11-14)17-12-16-4-2-5-21(23(17)31-32)34(16)25(35)20-13-15(6-8-29-20)33-9-3-7-30-33/h3,6-11,13,16,21H,2,4-5,12H2,1H3. The maximum atomic E-state index is 14.0. The number of benzene rings is 1. The van der Waals surface area contributed by atoms with E-state index in [0.717, 1.165) is 42.6 Å². The molecule has 1 aromatic carbocycles. The monoisotopic (exact) mass is 478 g/mol. The topological polar surface area (TPSA) is 68.8 Å². The Kier molecular flexibility index (Phi) is 4.98. The summed E-state index contributed by atoms with van der Waals surface area (Å²) in [5, 5.41) is 8.88. The van der Waals surface area contributed by atoms with Gasteiger partial charge in [-0.1, -0.05) is 0 Å². The molecule has 0 saturated carbocycles. The molecule has 2 aliphatic heterocycles. The number of hydrogen-bond donors (Lipinski definition) is 0. The highest BCUT2D eigenvalue weighted by Crippen LogP contribution is 2.45. The highest BCUT2D eigenvalue weighted by atomic mass is 19.2. The number of rotatable bonds is 3. The van der Waals surface area contributed by atoms with E-state index in [0.29, 0.717) is 23.5 Å². The first-order chi connectivity index (χ1) is 16.9. The Balaban J connectivity index is 1.40. The molecule has 0 radical (unpaired) electrons. The lowest BCUT2D eigenvalue weighted by Crippen LogP contribution is -2.50. The van der Waals surface area contributed by atoms with Crippen LogP contribution in [0.4, 0.5) is 13.2 Å². The molecule has 1 amide bonds. The number of aromatic nitrogens is 5. The number of fused-ring (bicyclic) bond motifs is 4. The molecule has 1 saturated heterocycles. The SMILES string of the molecule is Cn1nc2c(c1-c1cc(F)c(F)c(F)c1)CC1CCCC2N1C(=O)c1cc(-n2cccn2)ccn1. The lowest BCUT2D eigenvalue weighted by atomic mass is 9.81. The number of amides is 1. The number of carbonyl (C=O) groups is 1. The molecule has 35 heavy (non-hydrogen) atoms. The van der Waals surface area contributed by atoms with Crippen molar-refractivity contribution < 1.29 is 18.0 Å². The average molecular weight is 478 g/mol. The fourth-order valence-corrected chi connectivity index (χ4v) is 5.43. The van der Waals surface area contributed by atoms with Gasteiger partial charge in [0, 0.05) is 42.8 Å². The molecule has 5 heterocycles. The number of carbonyl (C=O) groups excluding carboxylic acids is 1. The van der Waals surface area contributed by atoms with Crippen LogP contribution < -0.4 is 0 Å². The smallest absolute Gasteiger partial charge is 0.273 e. The third-order valence-corrected chi connectivity index (χ3v) is 6.90. The van der Waals surface area contributed by atoms with Crippen LogP contribution in [0.2, 0.25) is 0 Å². The minimum absolute atomic E-state index is 0.109. The Hall–Kier alpha value is -3.95. The van der Waals surface area contributed by atoms with Crippen LogP contribution >= 0.6 is 0 Å². The van der Waals surface area contributed by atoms with Gasteiger partial charge < -0.3 is 4.90 Å². The number of halogens is 3. The van der Waals surface area contributed by atoms with Crippen molar-refractivity contribution >= 4 is 5.91 Å². The first kappa shape index (κ1) is 21.6. The number of hydrogen-bond acceptors (Lipinski definition) is 4. The molecule has 2 aliphatic rings. The molecule has 6 rings (SSSR count). The minimum Gasteiger partial charge on any atom is -0.325 e. The molecule has 2 unspecified atom stereocenters. The molecule has 0 aliphatic carbocycles. The zero-order valence-corrected chi connectivity index (χ0v) is 18.8. The van der Waals surface area contributed by atoms with Crippen molar-refractivity contribution in [1.29, 1.82) is 0 Å². The summed E-state index contributed by atoms with van der Waals surface area (Å²) in [5.41, 5.74) is 3.37. The van der Waals surface area contributed by atoms with Crippen LogP contribution in [0.15, 0.2) is 48.9 Å². The van der Waals surface area contributed by atoms with Crippen molar-refractivity contribution in [3.63, 3.8) is 0 Å². The van der Waals surface area contributed by atoms with E-state index in [1.807, 2.05) is 4.90 Å². The summed E-state index contributed by atoms with van der Waals surface area (Å²) in [7, 11) is 1.69. The Labute approximate surface area is 198 Å². The molecule has 1 fully saturated rings. The molecule has 178 valence electrons. The Morgan fingerprint density at radius 3 is 2.63 bits per heavy atom. The van der Waals surface area contributed by atoms with Crippen LogP contribution in [0.25, 0.3) is 16.9 Å². The Morgan fingerprint density at radius 2 is 1.89 bits per heavy atom. The maximum absolute atomic E-state index is 14.0. The maximum Gasteiger partial charge on any atom is 0.273 e. The number of pyridine rings is 1. The van der Waals surface area contributed by atoms with Gasteiger partial charge in [-0.15, -0.1) is 0 Å². The lowest BCUT2D eigenvalue weighted by Gasteiger charge is -2.45. The van der Waals surface area contributed by atoms with E-state index in [4.69, 9.17) is 0 Å². The van der Waals surface area contributed by atoms with Gasteiger partial charge >= 0.3 is 0 Å². The first-order valence-corrected chi connectivity index (χ1v) is 11.4. The van der Waals surface area contributed by atoms with Gasteiger partial charge in [0.15, 0.2) is 17.5 Å². The van der Waals surface area contributed by atoms with E-state index in [1.54, 1.807) is 53.2 Å². The van der Waals surface area contributed by atoms with E-state index in [1.165, 1.54) is 0 Å². The van der Waals surface area contributed by atoms with E-state index in [9.17, 15) is 18.0 Å². The van der Waals surface area contributed by atoms with Gasteiger partial charge in [-0.3, -0.25) is 14.5 Å². The van der Waals surface area contributed by atoms with E-state index >= 15 is 0 Å². The second kappa shape index (κ2) is 8.07. The number of piperidine rings is 1. The third kappa shape index (κ3) is 3.43. The summed E-state index contributed by atoms with van der Waals surface area (Å²) in [5.74, 6) is -4.18. The van der Waals surface area contributed by atoms with Gasteiger partial charge in [-0.2, -0.15) is 10.2 Å². The first-order valence-electron chi connectivity index (χ1n) is 11.4. The van der Waals surface area contributed by atoms with Gasteiger partial charge in [-0.25, -0.2) is 17.9 Å². The predicted octanol–water partition coefficient (Wildman–Crippen LogP) is 4.38. The van der Waals surface area contributed by atoms with Crippen LogP contribution in [0.3, 0.4) is 0 Å². The molecular weight excluding hydrogens is 457 g/mol. The van der Waals surface area contributed by atoms with E-state index in [2.05, 4.69) is 15.2 Å². The molecule has 4 aromatic rings. The van der Waals surface area contributed by atoms with Crippen LogP contribution in [0.1, 0.15) is 47.1 Å². The van der Waals surface area contributed by atoms with Gasteiger partial charge in [-0.05, 0) is 56.0 Å². The fraction of sp³-hybridized carbons (Fsp3) is 0.280. The summed E-state index contributed by atoms with van der Waals surface area (Å²) in [6.07, 6.45) is 7.98. The average Bonchev–Trinajstić information content (AvgIpc) is 3.50. The Morgan fingerprint density at radius 1 is 1.09 bits per heavy atom. The van der Waals surface area contributed by atoms with Crippen molar-refractivity contribution in [2.45, 2.75) is 37.8 Å². The molecule has 7 nitrogen and oxygen atoms in total. The molecule has 2 atom stereocenters. The summed E-state index contributed by atoms with van der Waals surface area (Å²) >= 11 is 0. The van der Waals surface area contributed by atoms with Crippen molar-refractivity contribution in [2.75, 3.05) is 0 Å². The van der Waals surface area contributed by atoms with Gasteiger partial charge in [0.1, 0.15) is 5.69 Å². The largest absolute Gasteiger partial charge is 0.325 e. The fourth-order valence-electron chi connectivity index (χ4n) is 5.43. The second-order valence-electron chi connectivity index (χ2n) is 8.96. The second-order valence-corrected chi connectivity index (χ2v) is 8.96. The van der Waals surface area contributed by atoms with Crippen LogP contribution in [-0.4, -0.2) is 41.4 Å². The highest BCUT2D eigenvalue weighted by molar-refractivity contribution is 5.93. The lowest BCUT2D eigenvalue weighted by molar-refractivity contribution is 0.0386. The molecule has 0 spiro atoms. The molecular formula is C25H21F3N6O. The summed E-state index contributed by atoms with van der Waals surface area (Å²) in [4.78, 5) is 19.9. The predicted molar refractivity (Wildman–Crippen MR) is 120 cm³/mol. The number of nitrogens with zero attached hydrogens (tertiary/aromatic N) is 6. The van der Waals surface area contributed by atoms with Gasteiger partial charge in [0.05, 0.1) is 23.1 Å². The van der Waals surface area contributed by atoms with Crippen LogP contribution in [-0.2, 0) is 13.5 Å². The van der Waals surface area contributed by atoms with Crippen molar-refractivity contribution in [1.82, 2.24) is 29.4 Å². The van der Waals surface area contributed by atoms with Gasteiger partial charge in [0.25, 0.3) is 5.91 Å². The molecule has 2 bridgehead atoms. The van der Waals surface area contributed by atoms with Crippen molar-refractivity contribution in [3.05, 3.63) is 83.3 Å². The van der Waals surface area contributed by atoms with E-state index in [-0.39, 0.29) is 23.6 Å². The Bertz CT molecular complexity index is 1420. The van der Waals surface area contributed by atoms with Gasteiger partial charge in [0.2, 0.25) is 0 Å². The summed E-state index contributed by atoms with van der Waals surface area (Å²) < 4.78 is 44.8. The zero-order chi connectivity index (χ0) is 24.3. The summed E-state index contributed by atoms with van der Waals surface area (Å²) in [6, 6.07) is 6.90. The normalized spacial score (nSPS) is 19.0. The number of aryl methyl sites for hydroxylation is 1. The van der Waals surface area contributed by atoms with E-state index < -0.39 is 17.5 Å². The summed E-state index contributed by atoms with van der Waals surface area (Å²) in [6.45, 7) is 0. The quantitative estimate of drug-likeness (QED) is 0.410. The van der Waals surface area contributed by atoms with Crippen LogP contribution in [0, 0.1) is 17.5 Å².